The van der Waals surface area contributed by atoms with Crippen LogP contribution in [0, 0.1) is 11.6 Å². The molecule has 0 bridgehead atoms. The van der Waals surface area contributed by atoms with E-state index in [-0.39, 0.29) is 11.4 Å². The normalized spacial score (nSPS) is 21.9. The number of hydrogen-bond acceptors (Lipinski definition) is 1. The Morgan fingerprint density at radius 2 is 1.56 bits per heavy atom. The first-order valence-corrected chi connectivity index (χ1v) is 5.88. The number of fused-ring (bicyclic) bond motifs is 1. The van der Waals surface area contributed by atoms with Crippen molar-refractivity contribution in [2.24, 2.45) is 0 Å². The molecule has 0 aliphatic heterocycles. The molecular weight excluding hydrogens is 234 g/mol. The maximum atomic E-state index is 13.8. The molecule has 1 aliphatic carbocycles. The van der Waals surface area contributed by atoms with Crippen LogP contribution in [-0.2, 0) is 12.0 Å². The lowest BCUT2D eigenvalue weighted by Gasteiger charge is -2.25. The van der Waals surface area contributed by atoms with Gasteiger partial charge in [0.15, 0.2) is 0 Å². The maximum absolute atomic E-state index is 13.8. The third-order valence-electron chi connectivity index (χ3n) is 3.62. The second kappa shape index (κ2) is 3.89. The summed E-state index contributed by atoms with van der Waals surface area (Å²) in [6.07, 6.45) is 0.733. The Hall–Kier alpha value is -1.74. The summed E-state index contributed by atoms with van der Waals surface area (Å²) in [5.41, 5.74) is -0.229. The molecule has 92 valence electrons. The maximum Gasteiger partial charge on any atom is 0.129 e. The molecule has 0 saturated carbocycles. The van der Waals surface area contributed by atoms with E-state index in [0.29, 0.717) is 24.0 Å². The van der Waals surface area contributed by atoms with E-state index >= 15 is 0 Å². The summed E-state index contributed by atoms with van der Waals surface area (Å²) in [7, 11) is 0. The summed E-state index contributed by atoms with van der Waals surface area (Å²) < 4.78 is 27.5. The van der Waals surface area contributed by atoms with Gasteiger partial charge in [0.1, 0.15) is 17.2 Å². The van der Waals surface area contributed by atoms with E-state index in [0.717, 1.165) is 0 Å². The van der Waals surface area contributed by atoms with Crippen LogP contribution < -0.4 is 0 Å². The molecule has 2 aromatic carbocycles. The van der Waals surface area contributed by atoms with Crippen molar-refractivity contribution < 1.29 is 13.9 Å². The molecule has 0 radical (unpaired) electrons. The number of aliphatic hydroxyl groups is 1. The Kier molecular flexibility index (Phi) is 2.45. The van der Waals surface area contributed by atoms with Crippen LogP contribution in [0.15, 0.2) is 42.5 Å². The molecule has 0 saturated heterocycles. The lowest BCUT2D eigenvalue weighted by Crippen LogP contribution is -2.25. The van der Waals surface area contributed by atoms with Gasteiger partial charge < -0.3 is 5.11 Å². The molecule has 0 heterocycles. The molecule has 1 aliphatic rings. The average molecular weight is 246 g/mol. The summed E-state index contributed by atoms with van der Waals surface area (Å²) in [6, 6.07) is 10.7. The molecule has 2 aromatic rings. The minimum absolute atomic E-state index is 0.217. The second-order valence-electron chi connectivity index (χ2n) is 4.61. The zero-order chi connectivity index (χ0) is 12.8. The van der Waals surface area contributed by atoms with Crippen molar-refractivity contribution in [3.8, 4) is 0 Å². The van der Waals surface area contributed by atoms with Gasteiger partial charge in [-0.1, -0.05) is 30.3 Å². The minimum Gasteiger partial charge on any atom is -0.380 e. The molecule has 1 unspecified atom stereocenters. The SMILES string of the molecule is OC1(c2ccccc2F)CCc2c(F)cccc21. The van der Waals surface area contributed by atoms with E-state index in [1.165, 1.54) is 12.1 Å². The third kappa shape index (κ3) is 1.47. The minimum atomic E-state index is -1.41. The molecule has 18 heavy (non-hydrogen) atoms. The zero-order valence-corrected chi connectivity index (χ0v) is 9.66. The molecular formula is C15H12F2O. The summed E-state index contributed by atoms with van der Waals surface area (Å²) in [5.74, 6) is -0.795. The van der Waals surface area contributed by atoms with Gasteiger partial charge in [-0.05, 0) is 36.1 Å². The van der Waals surface area contributed by atoms with Crippen LogP contribution in [-0.4, -0.2) is 5.11 Å². The molecule has 1 nitrogen and oxygen atoms in total. The Morgan fingerprint density at radius 1 is 0.889 bits per heavy atom. The summed E-state index contributed by atoms with van der Waals surface area (Å²) in [6.45, 7) is 0. The van der Waals surface area contributed by atoms with Gasteiger partial charge in [-0.2, -0.15) is 0 Å². The Labute approximate surface area is 104 Å². The standard InChI is InChI=1S/C15H12F2O/c16-13-7-3-5-11-10(13)8-9-15(11,18)12-4-1-2-6-14(12)17/h1-7,18H,8-9H2. The van der Waals surface area contributed by atoms with Gasteiger partial charge in [0, 0.05) is 5.56 Å². The number of halogens is 2. The fraction of sp³-hybridized carbons (Fsp3) is 0.200. The number of rotatable bonds is 1. The lowest BCUT2D eigenvalue weighted by atomic mass is 9.87. The van der Waals surface area contributed by atoms with Crippen LogP contribution >= 0.6 is 0 Å². The molecule has 3 heteroatoms. The molecule has 0 amide bonds. The van der Waals surface area contributed by atoms with E-state index in [9.17, 15) is 13.9 Å². The topological polar surface area (TPSA) is 20.2 Å². The fourth-order valence-corrected chi connectivity index (χ4v) is 2.72. The monoisotopic (exact) mass is 246 g/mol. The largest absolute Gasteiger partial charge is 0.380 e. The predicted octanol–water partition coefficient (Wildman–Crippen LogP) is 3.15. The van der Waals surface area contributed by atoms with Gasteiger partial charge in [-0.25, -0.2) is 8.78 Å². The number of benzene rings is 2. The predicted molar refractivity (Wildman–Crippen MR) is 64.1 cm³/mol. The van der Waals surface area contributed by atoms with Crippen LogP contribution in [0.1, 0.15) is 23.1 Å². The quantitative estimate of drug-likeness (QED) is 0.819. The van der Waals surface area contributed by atoms with Gasteiger partial charge in [0.2, 0.25) is 0 Å². The summed E-state index contributed by atoms with van der Waals surface area (Å²) in [4.78, 5) is 0. The van der Waals surface area contributed by atoms with Crippen LogP contribution in [0.4, 0.5) is 8.78 Å². The fourth-order valence-electron chi connectivity index (χ4n) is 2.72. The van der Waals surface area contributed by atoms with Crippen LogP contribution in [0.3, 0.4) is 0 Å². The molecule has 0 fully saturated rings. The summed E-state index contributed by atoms with van der Waals surface area (Å²) in [5, 5.41) is 10.7. The lowest BCUT2D eigenvalue weighted by molar-refractivity contribution is 0.0789. The number of hydrogen-bond donors (Lipinski definition) is 1. The van der Waals surface area contributed by atoms with Crippen LogP contribution in [0.2, 0.25) is 0 Å². The van der Waals surface area contributed by atoms with Crippen molar-refractivity contribution >= 4 is 0 Å². The van der Waals surface area contributed by atoms with Crippen molar-refractivity contribution in [1.82, 2.24) is 0 Å². The first-order valence-electron chi connectivity index (χ1n) is 5.88. The van der Waals surface area contributed by atoms with Gasteiger partial charge in [-0.3, -0.25) is 0 Å². The van der Waals surface area contributed by atoms with E-state index in [1.54, 1.807) is 30.3 Å². The Balaban J connectivity index is 2.21. The first kappa shape index (κ1) is 11.4. The smallest absolute Gasteiger partial charge is 0.129 e. The first-order chi connectivity index (χ1) is 8.63. The highest BCUT2D eigenvalue weighted by atomic mass is 19.1. The molecule has 1 N–H and O–H groups in total. The van der Waals surface area contributed by atoms with E-state index < -0.39 is 11.4 Å². The van der Waals surface area contributed by atoms with Crippen molar-refractivity contribution in [2.75, 3.05) is 0 Å². The molecule has 0 aromatic heterocycles. The molecule has 3 rings (SSSR count). The summed E-state index contributed by atoms with van der Waals surface area (Å²) >= 11 is 0. The molecule has 0 spiro atoms. The van der Waals surface area contributed by atoms with Crippen molar-refractivity contribution in [3.63, 3.8) is 0 Å². The Bertz CT molecular complexity index is 609. The molecule has 1 atom stereocenters. The van der Waals surface area contributed by atoms with Crippen LogP contribution in [0.25, 0.3) is 0 Å². The van der Waals surface area contributed by atoms with Gasteiger partial charge in [-0.15, -0.1) is 0 Å². The highest BCUT2D eigenvalue weighted by Gasteiger charge is 2.41. The van der Waals surface area contributed by atoms with Gasteiger partial charge >= 0.3 is 0 Å². The van der Waals surface area contributed by atoms with E-state index in [2.05, 4.69) is 0 Å². The second-order valence-corrected chi connectivity index (χ2v) is 4.61. The highest BCUT2D eigenvalue weighted by molar-refractivity contribution is 5.46. The Morgan fingerprint density at radius 3 is 2.33 bits per heavy atom. The van der Waals surface area contributed by atoms with E-state index in [4.69, 9.17) is 0 Å². The average Bonchev–Trinajstić information content (AvgIpc) is 2.70. The third-order valence-corrected chi connectivity index (χ3v) is 3.62. The highest BCUT2D eigenvalue weighted by Crippen LogP contribution is 2.43. The van der Waals surface area contributed by atoms with Crippen molar-refractivity contribution in [1.29, 1.82) is 0 Å². The van der Waals surface area contributed by atoms with Crippen molar-refractivity contribution in [3.05, 3.63) is 70.8 Å². The van der Waals surface area contributed by atoms with Gasteiger partial charge in [0.25, 0.3) is 0 Å². The van der Waals surface area contributed by atoms with Crippen LogP contribution in [0.5, 0.6) is 0 Å². The van der Waals surface area contributed by atoms with Gasteiger partial charge in [0.05, 0.1) is 0 Å². The van der Waals surface area contributed by atoms with Crippen molar-refractivity contribution in [2.45, 2.75) is 18.4 Å². The van der Waals surface area contributed by atoms with E-state index in [1.807, 2.05) is 0 Å². The zero-order valence-electron chi connectivity index (χ0n) is 9.66.